The van der Waals surface area contributed by atoms with Crippen LogP contribution in [-0.4, -0.2) is 15.3 Å². The van der Waals surface area contributed by atoms with Crippen LogP contribution < -0.4 is 0 Å². The van der Waals surface area contributed by atoms with Crippen molar-refractivity contribution in [1.29, 1.82) is 0 Å². The van der Waals surface area contributed by atoms with Crippen LogP contribution in [0.2, 0.25) is 0 Å². The number of rotatable bonds is 5. The predicted octanol–water partition coefficient (Wildman–Crippen LogP) is 4.82. The number of aryl methyl sites for hydroxylation is 3. The molecule has 22 heavy (non-hydrogen) atoms. The lowest BCUT2D eigenvalue weighted by molar-refractivity contribution is 0.452. The van der Waals surface area contributed by atoms with E-state index >= 15 is 0 Å². The van der Waals surface area contributed by atoms with Crippen LogP contribution in [0.4, 0.5) is 0 Å². The first-order valence-corrected chi connectivity index (χ1v) is 7.79. The summed E-state index contributed by atoms with van der Waals surface area (Å²) in [5, 5.41) is 30.5. The molecule has 0 unspecified atom stereocenters. The number of hydrogen-bond donors (Lipinski definition) is 3. The Hall–Kier alpha value is -2.16. The van der Waals surface area contributed by atoms with Gasteiger partial charge in [0.1, 0.15) is 17.2 Å². The van der Waals surface area contributed by atoms with Crippen LogP contribution in [0, 0.1) is 13.8 Å². The number of phenolic OH excluding ortho intramolecular Hbond substituents is 3. The third kappa shape index (κ3) is 3.35. The van der Waals surface area contributed by atoms with Crippen LogP contribution in [0.15, 0.2) is 24.3 Å². The summed E-state index contributed by atoms with van der Waals surface area (Å²) in [6.45, 7) is 5.76. The topological polar surface area (TPSA) is 60.7 Å². The van der Waals surface area contributed by atoms with Gasteiger partial charge < -0.3 is 15.3 Å². The number of hydrogen-bond acceptors (Lipinski definition) is 3. The van der Waals surface area contributed by atoms with Gasteiger partial charge >= 0.3 is 0 Å². The smallest absolute Gasteiger partial charge is 0.127 e. The van der Waals surface area contributed by atoms with Gasteiger partial charge in [-0.25, -0.2) is 0 Å². The Morgan fingerprint density at radius 3 is 1.86 bits per heavy atom. The molecule has 0 aliphatic heterocycles. The zero-order chi connectivity index (χ0) is 16.3. The van der Waals surface area contributed by atoms with E-state index in [2.05, 4.69) is 6.92 Å². The largest absolute Gasteiger partial charge is 0.507 e. The van der Waals surface area contributed by atoms with Crippen LogP contribution in [0.25, 0.3) is 11.1 Å². The molecular weight excluding hydrogens is 276 g/mol. The van der Waals surface area contributed by atoms with Crippen LogP contribution in [-0.2, 0) is 6.42 Å². The summed E-state index contributed by atoms with van der Waals surface area (Å²) in [4.78, 5) is 0. The molecule has 3 heteroatoms. The summed E-state index contributed by atoms with van der Waals surface area (Å²) in [7, 11) is 0. The second-order valence-electron chi connectivity index (χ2n) is 5.92. The van der Waals surface area contributed by atoms with Crippen molar-refractivity contribution in [3.63, 3.8) is 0 Å². The van der Waals surface area contributed by atoms with Crippen molar-refractivity contribution in [2.45, 2.75) is 46.5 Å². The van der Waals surface area contributed by atoms with Gasteiger partial charge in [0.2, 0.25) is 0 Å². The van der Waals surface area contributed by atoms with Crippen LogP contribution in [0.5, 0.6) is 17.2 Å². The molecule has 0 atom stereocenters. The number of aromatic hydroxyl groups is 3. The van der Waals surface area contributed by atoms with E-state index in [1.807, 2.05) is 0 Å². The minimum Gasteiger partial charge on any atom is -0.507 e. The van der Waals surface area contributed by atoms with Crippen molar-refractivity contribution in [2.75, 3.05) is 0 Å². The summed E-state index contributed by atoms with van der Waals surface area (Å²) in [5.74, 6) is 0.408. The molecule has 0 aromatic heterocycles. The fourth-order valence-electron chi connectivity index (χ4n) is 2.79. The molecule has 0 aliphatic carbocycles. The number of benzene rings is 2. The molecule has 3 nitrogen and oxygen atoms in total. The van der Waals surface area contributed by atoms with E-state index in [-0.39, 0.29) is 17.2 Å². The second kappa shape index (κ2) is 6.73. The van der Waals surface area contributed by atoms with Gasteiger partial charge in [0, 0.05) is 0 Å². The van der Waals surface area contributed by atoms with Crippen molar-refractivity contribution in [1.82, 2.24) is 0 Å². The van der Waals surface area contributed by atoms with E-state index in [0.717, 1.165) is 42.4 Å². The molecule has 0 spiro atoms. The Labute approximate surface area is 131 Å². The van der Waals surface area contributed by atoms with Gasteiger partial charge in [-0.05, 0) is 73.2 Å². The summed E-state index contributed by atoms with van der Waals surface area (Å²) in [6, 6.07) is 6.99. The fourth-order valence-corrected chi connectivity index (χ4v) is 2.79. The summed E-state index contributed by atoms with van der Waals surface area (Å²) >= 11 is 0. The van der Waals surface area contributed by atoms with Gasteiger partial charge in [-0.2, -0.15) is 0 Å². The summed E-state index contributed by atoms with van der Waals surface area (Å²) < 4.78 is 0. The molecule has 3 N–H and O–H groups in total. The molecule has 0 saturated carbocycles. The third-order valence-electron chi connectivity index (χ3n) is 4.01. The van der Waals surface area contributed by atoms with E-state index in [0.29, 0.717) is 11.1 Å². The van der Waals surface area contributed by atoms with Crippen molar-refractivity contribution in [3.05, 3.63) is 41.0 Å². The standard InChI is InChI=1S/C19H24O3/c1-4-5-6-7-14-10-16(20)18(17(21)11-14)15-8-12(2)19(22)13(3)9-15/h8-11,20-22H,4-7H2,1-3H3. The van der Waals surface area contributed by atoms with Gasteiger partial charge in [0.05, 0.1) is 5.56 Å². The molecule has 2 aromatic carbocycles. The highest BCUT2D eigenvalue weighted by Gasteiger charge is 2.14. The van der Waals surface area contributed by atoms with Crippen LogP contribution in [0.3, 0.4) is 0 Å². The Balaban J connectivity index is 2.40. The van der Waals surface area contributed by atoms with E-state index in [1.54, 1.807) is 38.1 Å². The molecule has 2 rings (SSSR count). The molecule has 0 saturated heterocycles. The van der Waals surface area contributed by atoms with Gasteiger partial charge in [-0.3, -0.25) is 0 Å². The monoisotopic (exact) mass is 300 g/mol. The normalized spacial score (nSPS) is 10.9. The molecule has 0 amide bonds. The number of unbranched alkanes of at least 4 members (excludes halogenated alkanes) is 2. The highest BCUT2D eigenvalue weighted by Crippen LogP contribution is 2.40. The molecule has 0 aliphatic rings. The van der Waals surface area contributed by atoms with Crippen molar-refractivity contribution >= 4 is 0 Å². The fraction of sp³-hybridized carbons (Fsp3) is 0.368. The maximum atomic E-state index is 10.3. The Bertz CT molecular complexity index is 628. The predicted molar refractivity (Wildman–Crippen MR) is 89.6 cm³/mol. The maximum absolute atomic E-state index is 10.3. The zero-order valence-corrected chi connectivity index (χ0v) is 13.5. The minimum absolute atomic E-state index is 0.0796. The third-order valence-corrected chi connectivity index (χ3v) is 4.01. The Morgan fingerprint density at radius 2 is 1.36 bits per heavy atom. The van der Waals surface area contributed by atoms with Crippen molar-refractivity contribution in [2.24, 2.45) is 0 Å². The molecule has 0 fully saturated rings. The van der Waals surface area contributed by atoms with Gasteiger partial charge in [0.25, 0.3) is 0 Å². The first kappa shape index (κ1) is 16.2. The summed E-state index contributed by atoms with van der Waals surface area (Å²) in [5.41, 5.74) is 3.52. The van der Waals surface area contributed by atoms with E-state index in [1.165, 1.54) is 0 Å². The molecular formula is C19H24O3. The number of phenols is 3. The molecule has 0 bridgehead atoms. The Kier molecular flexibility index (Phi) is 4.96. The average Bonchev–Trinajstić information content (AvgIpc) is 2.44. The van der Waals surface area contributed by atoms with E-state index < -0.39 is 0 Å². The van der Waals surface area contributed by atoms with Crippen molar-refractivity contribution < 1.29 is 15.3 Å². The molecule has 2 aromatic rings. The second-order valence-corrected chi connectivity index (χ2v) is 5.92. The average molecular weight is 300 g/mol. The Morgan fingerprint density at radius 1 is 0.818 bits per heavy atom. The SMILES string of the molecule is CCCCCc1cc(O)c(-c2cc(C)c(O)c(C)c2)c(O)c1. The highest BCUT2D eigenvalue weighted by molar-refractivity contribution is 5.78. The zero-order valence-electron chi connectivity index (χ0n) is 13.5. The quantitative estimate of drug-likeness (QED) is 0.694. The first-order valence-electron chi connectivity index (χ1n) is 7.79. The van der Waals surface area contributed by atoms with E-state index in [9.17, 15) is 15.3 Å². The lowest BCUT2D eigenvalue weighted by atomic mass is 9.96. The molecule has 0 heterocycles. The lowest BCUT2D eigenvalue weighted by Gasteiger charge is -2.13. The summed E-state index contributed by atoms with van der Waals surface area (Å²) in [6.07, 6.45) is 4.18. The highest BCUT2D eigenvalue weighted by atomic mass is 16.3. The lowest BCUT2D eigenvalue weighted by Crippen LogP contribution is -1.90. The van der Waals surface area contributed by atoms with Gasteiger partial charge in [-0.1, -0.05) is 19.8 Å². The van der Waals surface area contributed by atoms with E-state index in [4.69, 9.17) is 0 Å². The van der Waals surface area contributed by atoms with Crippen molar-refractivity contribution in [3.8, 4) is 28.4 Å². The first-order chi connectivity index (χ1) is 10.4. The van der Waals surface area contributed by atoms with Crippen LogP contribution in [0.1, 0.15) is 42.9 Å². The van der Waals surface area contributed by atoms with Gasteiger partial charge in [0.15, 0.2) is 0 Å². The minimum atomic E-state index is 0.0796. The molecule has 118 valence electrons. The van der Waals surface area contributed by atoms with Gasteiger partial charge in [-0.15, -0.1) is 0 Å². The van der Waals surface area contributed by atoms with Crippen LogP contribution >= 0.6 is 0 Å². The maximum Gasteiger partial charge on any atom is 0.127 e. The molecule has 0 radical (unpaired) electrons.